The standard InChI is InChI=1S/C22H23ClO7/c1-3-28-16-7-4-13(5-8-16)10-14-11-15(6-9-17(14)23)22-20(26)18(24)19(25)21(27-2,30-22)12-29-22/h4-9,11,18-19,24-25H,3,10,12H2,1-2H3. The molecule has 2 aliphatic rings. The van der Waals surface area contributed by atoms with Crippen LogP contribution in [0.5, 0.6) is 5.75 Å². The quantitative estimate of drug-likeness (QED) is 0.719. The third kappa shape index (κ3) is 3.32. The molecule has 2 N–H and O–H groups in total. The van der Waals surface area contributed by atoms with E-state index in [9.17, 15) is 15.0 Å². The summed E-state index contributed by atoms with van der Waals surface area (Å²) in [6.45, 7) is 2.31. The van der Waals surface area contributed by atoms with Gasteiger partial charge in [-0.15, -0.1) is 0 Å². The lowest BCUT2D eigenvalue weighted by atomic mass is 9.89. The minimum atomic E-state index is -1.87. The Balaban J connectivity index is 1.67. The van der Waals surface area contributed by atoms with E-state index < -0.39 is 29.6 Å². The molecule has 0 radical (unpaired) electrons. The molecule has 2 heterocycles. The summed E-state index contributed by atoms with van der Waals surface area (Å²) in [5.41, 5.74) is 2.13. The summed E-state index contributed by atoms with van der Waals surface area (Å²) >= 11 is 6.40. The SMILES string of the molecule is CCOc1ccc(Cc2cc(C34OCC(OC)(O3)C(O)C(O)C4=O)ccc2Cl)cc1. The lowest BCUT2D eigenvalue weighted by Gasteiger charge is -2.41. The van der Waals surface area contributed by atoms with Gasteiger partial charge in [-0.2, -0.15) is 0 Å². The zero-order valence-corrected chi connectivity index (χ0v) is 17.4. The highest BCUT2D eigenvalue weighted by atomic mass is 35.5. The lowest BCUT2D eigenvalue weighted by molar-refractivity contribution is -0.317. The maximum absolute atomic E-state index is 12.9. The van der Waals surface area contributed by atoms with E-state index in [2.05, 4.69) is 0 Å². The first-order valence-electron chi connectivity index (χ1n) is 9.65. The molecule has 2 bridgehead atoms. The molecule has 2 aromatic rings. The number of Topliss-reactive ketones (excluding diaryl/α,β-unsaturated/α-hetero) is 1. The number of aliphatic hydroxyl groups excluding tert-OH is 2. The van der Waals surface area contributed by atoms with Crippen molar-refractivity contribution >= 4 is 17.4 Å². The van der Waals surface area contributed by atoms with Crippen molar-refractivity contribution in [1.82, 2.24) is 0 Å². The topological polar surface area (TPSA) is 94.5 Å². The van der Waals surface area contributed by atoms with E-state index in [1.807, 2.05) is 31.2 Å². The number of rotatable bonds is 6. The number of carbonyl (C=O) groups excluding carboxylic acids is 1. The van der Waals surface area contributed by atoms with Crippen molar-refractivity contribution in [3.63, 3.8) is 0 Å². The number of benzene rings is 2. The average molecular weight is 435 g/mol. The number of halogens is 1. The van der Waals surface area contributed by atoms with Crippen LogP contribution in [0.2, 0.25) is 5.02 Å². The molecule has 30 heavy (non-hydrogen) atoms. The van der Waals surface area contributed by atoms with Gasteiger partial charge in [-0.3, -0.25) is 4.79 Å². The van der Waals surface area contributed by atoms with Gasteiger partial charge in [0.2, 0.25) is 11.6 Å². The molecule has 0 aromatic heterocycles. The number of aliphatic hydroxyl groups is 2. The van der Waals surface area contributed by atoms with Crippen molar-refractivity contribution in [3.05, 3.63) is 64.2 Å². The van der Waals surface area contributed by atoms with Crippen molar-refractivity contribution in [2.24, 2.45) is 0 Å². The normalized spacial score (nSPS) is 30.5. The van der Waals surface area contributed by atoms with Gasteiger partial charge in [0.05, 0.1) is 6.61 Å². The monoisotopic (exact) mass is 434 g/mol. The number of hydrogen-bond acceptors (Lipinski definition) is 7. The van der Waals surface area contributed by atoms with Gasteiger partial charge in [-0.25, -0.2) is 0 Å². The van der Waals surface area contributed by atoms with Crippen LogP contribution in [0, 0.1) is 0 Å². The van der Waals surface area contributed by atoms with Crippen molar-refractivity contribution < 1.29 is 34.0 Å². The zero-order chi connectivity index (χ0) is 21.5. The Morgan fingerprint density at radius 3 is 2.60 bits per heavy atom. The first kappa shape index (κ1) is 21.2. The summed E-state index contributed by atoms with van der Waals surface area (Å²) in [7, 11) is 1.32. The van der Waals surface area contributed by atoms with Gasteiger partial charge in [0.25, 0.3) is 5.79 Å². The van der Waals surface area contributed by atoms with E-state index in [1.165, 1.54) is 7.11 Å². The highest BCUT2D eigenvalue weighted by Gasteiger charge is 2.68. The molecule has 8 heteroatoms. The Morgan fingerprint density at radius 2 is 1.93 bits per heavy atom. The molecule has 0 spiro atoms. The van der Waals surface area contributed by atoms with Crippen LogP contribution in [0.15, 0.2) is 42.5 Å². The minimum Gasteiger partial charge on any atom is -0.494 e. The second-order valence-electron chi connectivity index (χ2n) is 7.34. The lowest BCUT2D eigenvalue weighted by Crippen LogP contribution is -2.63. The van der Waals surface area contributed by atoms with E-state index in [4.69, 9.17) is 30.5 Å². The molecule has 7 nitrogen and oxygen atoms in total. The third-order valence-corrected chi connectivity index (χ3v) is 5.90. The van der Waals surface area contributed by atoms with Gasteiger partial charge in [0, 0.05) is 17.7 Å². The second-order valence-corrected chi connectivity index (χ2v) is 7.74. The van der Waals surface area contributed by atoms with Crippen molar-refractivity contribution in [2.45, 2.75) is 37.1 Å². The Bertz CT molecular complexity index is 947. The van der Waals surface area contributed by atoms with Crippen LogP contribution >= 0.6 is 11.6 Å². The van der Waals surface area contributed by atoms with Crippen LogP contribution in [0.4, 0.5) is 0 Å². The zero-order valence-electron chi connectivity index (χ0n) is 16.6. The van der Waals surface area contributed by atoms with Crippen LogP contribution in [0.3, 0.4) is 0 Å². The molecule has 0 amide bonds. The number of ether oxygens (including phenoxy) is 4. The summed E-state index contributed by atoms with van der Waals surface area (Å²) < 4.78 is 22.3. The number of methoxy groups -OCH3 is 1. The maximum Gasteiger partial charge on any atom is 0.262 e. The van der Waals surface area contributed by atoms with E-state index in [1.54, 1.807) is 18.2 Å². The van der Waals surface area contributed by atoms with Crippen LogP contribution < -0.4 is 4.74 Å². The number of hydrogen-bond donors (Lipinski definition) is 2. The van der Waals surface area contributed by atoms with Gasteiger partial charge in [-0.05, 0) is 48.7 Å². The van der Waals surface area contributed by atoms with E-state index >= 15 is 0 Å². The van der Waals surface area contributed by atoms with E-state index in [0.717, 1.165) is 16.9 Å². The van der Waals surface area contributed by atoms with Crippen molar-refractivity contribution in [1.29, 1.82) is 0 Å². The van der Waals surface area contributed by atoms with E-state index in [0.29, 0.717) is 23.6 Å². The molecule has 4 atom stereocenters. The summed E-state index contributed by atoms with van der Waals surface area (Å²) in [6, 6.07) is 12.6. The van der Waals surface area contributed by atoms with Crippen LogP contribution in [-0.2, 0) is 31.2 Å². The molecular formula is C22H23ClO7. The Kier molecular flexibility index (Phi) is 5.61. The Labute approximate surface area is 179 Å². The predicted molar refractivity (Wildman–Crippen MR) is 107 cm³/mol. The first-order chi connectivity index (χ1) is 14.3. The van der Waals surface area contributed by atoms with Gasteiger partial charge in [0.1, 0.15) is 24.6 Å². The average Bonchev–Trinajstić information content (AvgIpc) is 3.14. The Morgan fingerprint density at radius 1 is 1.20 bits per heavy atom. The van der Waals surface area contributed by atoms with Crippen molar-refractivity contribution in [2.75, 3.05) is 20.3 Å². The Hall–Kier alpha value is -2.00. The second kappa shape index (κ2) is 7.92. The molecule has 2 fully saturated rings. The highest BCUT2D eigenvalue weighted by Crippen LogP contribution is 2.48. The fourth-order valence-corrected chi connectivity index (χ4v) is 4.05. The fourth-order valence-electron chi connectivity index (χ4n) is 3.86. The largest absolute Gasteiger partial charge is 0.494 e. The number of fused-ring (bicyclic) bond motifs is 2. The fraction of sp³-hybridized carbons (Fsp3) is 0.409. The molecule has 4 unspecified atom stereocenters. The summed E-state index contributed by atoms with van der Waals surface area (Å²) in [4.78, 5) is 12.9. The number of carbonyl (C=O) groups is 1. The minimum absolute atomic E-state index is 0.204. The smallest absolute Gasteiger partial charge is 0.262 e. The molecule has 0 saturated carbocycles. The van der Waals surface area contributed by atoms with Crippen LogP contribution in [0.25, 0.3) is 0 Å². The highest BCUT2D eigenvalue weighted by molar-refractivity contribution is 6.31. The summed E-state index contributed by atoms with van der Waals surface area (Å²) in [6.07, 6.45) is -2.75. The summed E-state index contributed by atoms with van der Waals surface area (Å²) in [5.74, 6) is -3.49. The molecule has 2 aromatic carbocycles. The number of ketones is 1. The van der Waals surface area contributed by atoms with Gasteiger partial charge < -0.3 is 29.2 Å². The van der Waals surface area contributed by atoms with Gasteiger partial charge in [0.15, 0.2) is 0 Å². The molecule has 0 aliphatic carbocycles. The van der Waals surface area contributed by atoms with Crippen LogP contribution in [-0.4, -0.2) is 54.3 Å². The van der Waals surface area contributed by atoms with Gasteiger partial charge >= 0.3 is 0 Å². The molecular weight excluding hydrogens is 412 g/mol. The maximum atomic E-state index is 12.9. The molecule has 4 rings (SSSR count). The molecule has 2 aliphatic heterocycles. The molecule has 160 valence electrons. The van der Waals surface area contributed by atoms with Gasteiger partial charge in [-0.1, -0.05) is 29.8 Å². The predicted octanol–water partition coefficient (Wildman–Crippen LogP) is 2.18. The van der Waals surface area contributed by atoms with Crippen LogP contribution in [0.1, 0.15) is 23.6 Å². The summed E-state index contributed by atoms with van der Waals surface area (Å²) in [5, 5.41) is 21.1. The third-order valence-electron chi connectivity index (χ3n) is 5.54. The van der Waals surface area contributed by atoms with E-state index in [-0.39, 0.29) is 6.61 Å². The van der Waals surface area contributed by atoms with Crippen molar-refractivity contribution in [3.8, 4) is 5.75 Å². The first-order valence-corrected chi connectivity index (χ1v) is 10.0. The molecule has 2 saturated heterocycles.